The number of amides is 2. The number of aromatic nitrogens is 3. The minimum absolute atomic E-state index is 0.0229. The van der Waals surface area contributed by atoms with Gasteiger partial charge in [0, 0.05) is 5.69 Å². The first-order chi connectivity index (χ1) is 10.0. The molecular formula is C14H15N5O2. The molecule has 0 bridgehead atoms. The Bertz CT molecular complexity index is 722. The van der Waals surface area contributed by atoms with E-state index in [2.05, 4.69) is 20.7 Å². The Morgan fingerprint density at radius 1 is 1.38 bits per heavy atom. The van der Waals surface area contributed by atoms with Gasteiger partial charge in [0.1, 0.15) is 12.4 Å². The quantitative estimate of drug-likeness (QED) is 0.892. The molecule has 2 heterocycles. The minimum atomic E-state index is -0.644. The summed E-state index contributed by atoms with van der Waals surface area (Å²) in [6.45, 7) is 3.99. The third-order valence-electron chi connectivity index (χ3n) is 3.58. The van der Waals surface area contributed by atoms with Crippen molar-refractivity contribution in [3.8, 4) is 0 Å². The number of aryl methyl sites for hydroxylation is 2. The van der Waals surface area contributed by atoms with E-state index in [1.165, 1.54) is 11.0 Å². The number of carbonyl (C=O) groups excluding carboxylic acids is 2. The normalized spacial score (nSPS) is 16.5. The molecule has 1 aromatic heterocycles. The molecule has 1 aliphatic rings. The molecule has 2 amide bonds. The van der Waals surface area contributed by atoms with Gasteiger partial charge in [-0.05, 0) is 37.1 Å². The highest BCUT2D eigenvalue weighted by atomic mass is 16.2. The molecule has 2 aromatic rings. The molecule has 2 N–H and O–H groups in total. The summed E-state index contributed by atoms with van der Waals surface area (Å²) >= 11 is 0. The Hall–Kier alpha value is -2.70. The number of anilines is 2. The van der Waals surface area contributed by atoms with Gasteiger partial charge in [0.25, 0.3) is 5.91 Å². The summed E-state index contributed by atoms with van der Waals surface area (Å²) < 4.78 is 1.43. The van der Waals surface area contributed by atoms with Crippen LogP contribution in [0.2, 0.25) is 0 Å². The molecule has 108 valence electrons. The van der Waals surface area contributed by atoms with Crippen molar-refractivity contribution in [2.75, 3.05) is 10.6 Å². The molecule has 1 aromatic carbocycles. The van der Waals surface area contributed by atoms with E-state index < -0.39 is 6.04 Å². The Morgan fingerprint density at radius 2 is 2.19 bits per heavy atom. The van der Waals surface area contributed by atoms with Gasteiger partial charge in [0.2, 0.25) is 11.9 Å². The first-order valence-corrected chi connectivity index (χ1v) is 6.62. The van der Waals surface area contributed by atoms with Crippen molar-refractivity contribution in [2.24, 2.45) is 0 Å². The molecule has 1 atom stereocenters. The lowest BCUT2D eigenvalue weighted by atomic mass is 10.1. The lowest BCUT2D eigenvalue weighted by Gasteiger charge is -2.10. The van der Waals surface area contributed by atoms with Crippen LogP contribution in [0.5, 0.6) is 0 Å². The summed E-state index contributed by atoms with van der Waals surface area (Å²) in [5, 5.41) is 9.34. The third kappa shape index (κ3) is 2.49. The van der Waals surface area contributed by atoms with E-state index >= 15 is 0 Å². The van der Waals surface area contributed by atoms with Crippen LogP contribution in [-0.2, 0) is 9.59 Å². The molecule has 3 rings (SSSR count). The maximum Gasteiger partial charge on any atom is 0.252 e. The van der Waals surface area contributed by atoms with Crippen molar-refractivity contribution in [1.29, 1.82) is 0 Å². The summed E-state index contributed by atoms with van der Waals surface area (Å²) in [6.07, 6.45) is 1.37. The predicted molar refractivity (Wildman–Crippen MR) is 76.9 cm³/mol. The van der Waals surface area contributed by atoms with E-state index in [-0.39, 0.29) is 18.2 Å². The lowest BCUT2D eigenvalue weighted by Crippen LogP contribution is -2.23. The number of hydrogen-bond donors (Lipinski definition) is 2. The van der Waals surface area contributed by atoms with Gasteiger partial charge in [0.15, 0.2) is 0 Å². The Balaban J connectivity index is 1.70. The van der Waals surface area contributed by atoms with Crippen LogP contribution in [-0.4, -0.2) is 26.6 Å². The molecule has 7 nitrogen and oxygen atoms in total. The van der Waals surface area contributed by atoms with Gasteiger partial charge < -0.3 is 5.32 Å². The van der Waals surface area contributed by atoms with Crippen molar-refractivity contribution < 1.29 is 9.59 Å². The SMILES string of the molecule is Cc1ccc(NC(=O)CC2C(=O)Nc3ncnn32)cc1C. The summed E-state index contributed by atoms with van der Waals surface area (Å²) in [5.74, 6) is -0.119. The highest BCUT2D eigenvalue weighted by molar-refractivity contribution is 6.00. The average Bonchev–Trinajstić information content (AvgIpc) is 2.97. The fraction of sp³-hybridized carbons (Fsp3) is 0.286. The van der Waals surface area contributed by atoms with Crippen LogP contribution in [0.25, 0.3) is 0 Å². The second kappa shape index (κ2) is 5.01. The molecule has 0 radical (unpaired) electrons. The van der Waals surface area contributed by atoms with Crippen molar-refractivity contribution in [1.82, 2.24) is 14.8 Å². The predicted octanol–water partition coefficient (Wildman–Crippen LogP) is 1.42. The monoisotopic (exact) mass is 285 g/mol. The Kier molecular flexibility index (Phi) is 3.17. The molecule has 0 saturated carbocycles. The van der Waals surface area contributed by atoms with Crippen LogP contribution in [0.1, 0.15) is 23.6 Å². The maximum absolute atomic E-state index is 12.1. The largest absolute Gasteiger partial charge is 0.326 e. The van der Waals surface area contributed by atoms with E-state index in [4.69, 9.17) is 0 Å². The molecule has 1 unspecified atom stereocenters. The maximum atomic E-state index is 12.1. The van der Waals surface area contributed by atoms with Crippen molar-refractivity contribution >= 4 is 23.5 Å². The second-order valence-corrected chi connectivity index (χ2v) is 5.08. The van der Waals surface area contributed by atoms with Crippen LogP contribution in [0.4, 0.5) is 11.6 Å². The average molecular weight is 285 g/mol. The first-order valence-electron chi connectivity index (χ1n) is 6.62. The van der Waals surface area contributed by atoms with E-state index in [0.29, 0.717) is 5.95 Å². The lowest BCUT2D eigenvalue weighted by molar-refractivity contribution is -0.123. The number of carbonyl (C=O) groups is 2. The fourth-order valence-electron chi connectivity index (χ4n) is 2.26. The number of rotatable bonds is 3. The van der Waals surface area contributed by atoms with Gasteiger partial charge in [-0.1, -0.05) is 6.07 Å². The van der Waals surface area contributed by atoms with Gasteiger partial charge in [-0.15, -0.1) is 0 Å². The number of benzene rings is 1. The zero-order chi connectivity index (χ0) is 15.0. The van der Waals surface area contributed by atoms with Gasteiger partial charge >= 0.3 is 0 Å². The van der Waals surface area contributed by atoms with E-state index in [0.717, 1.165) is 16.8 Å². The van der Waals surface area contributed by atoms with E-state index in [1.807, 2.05) is 32.0 Å². The summed E-state index contributed by atoms with van der Waals surface area (Å²) in [7, 11) is 0. The van der Waals surface area contributed by atoms with Crippen LogP contribution in [0.3, 0.4) is 0 Å². The minimum Gasteiger partial charge on any atom is -0.326 e. The molecule has 0 spiro atoms. The number of hydrogen-bond acceptors (Lipinski definition) is 4. The van der Waals surface area contributed by atoms with Crippen LogP contribution in [0, 0.1) is 13.8 Å². The Morgan fingerprint density at radius 3 is 2.95 bits per heavy atom. The molecule has 1 aliphatic heterocycles. The van der Waals surface area contributed by atoms with Gasteiger partial charge in [-0.3, -0.25) is 14.9 Å². The van der Waals surface area contributed by atoms with Gasteiger partial charge in [-0.25, -0.2) is 4.68 Å². The van der Waals surface area contributed by atoms with Crippen LogP contribution < -0.4 is 10.6 Å². The van der Waals surface area contributed by atoms with Gasteiger partial charge in [0.05, 0.1) is 6.42 Å². The highest BCUT2D eigenvalue weighted by Gasteiger charge is 2.33. The molecule has 0 fully saturated rings. The molecule has 0 saturated heterocycles. The smallest absolute Gasteiger partial charge is 0.252 e. The van der Waals surface area contributed by atoms with Crippen molar-refractivity contribution in [3.63, 3.8) is 0 Å². The molecule has 7 heteroatoms. The zero-order valence-electron chi connectivity index (χ0n) is 11.8. The molecular weight excluding hydrogens is 270 g/mol. The van der Waals surface area contributed by atoms with Crippen LogP contribution >= 0.6 is 0 Å². The summed E-state index contributed by atoms with van der Waals surface area (Å²) in [5.41, 5.74) is 2.99. The van der Waals surface area contributed by atoms with Crippen molar-refractivity contribution in [3.05, 3.63) is 35.7 Å². The van der Waals surface area contributed by atoms with Crippen molar-refractivity contribution in [2.45, 2.75) is 26.3 Å². The number of nitrogens with zero attached hydrogens (tertiary/aromatic N) is 3. The Labute approximate surface area is 121 Å². The van der Waals surface area contributed by atoms with E-state index in [1.54, 1.807) is 0 Å². The number of fused-ring (bicyclic) bond motifs is 1. The van der Waals surface area contributed by atoms with Crippen LogP contribution in [0.15, 0.2) is 24.5 Å². The second-order valence-electron chi connectivity index (χ2n) is 5.08. The molecule has 0 aliphatic carbocycles. The highest BCUT2D eigenvalue weighted by Crippen LogP contribution is 2.24. The molecule has 21 heavy (non-hydrogen) atoms. The number of nitrogens with one attached hydrogen (secondary N) is 2. The first kappa shape index (κ1) is 13.3. The van der Waals surface area contributed by atoms with E-state index in [9.17, 15) is 9.59 Å². The summed E-state index contributed by atoms with van der Waals surface area (Å²) in [6, 6.07) is 5.05. The standard InChI is InChI=1S/C14H15N5O2/c1-8-3-4-10(5-9(8)2)17-12(20)6-11-13(21)18-14-15-7-16-19(11)14/h3-5,7,11H,6H2,1-2H3,(H,17,20)(H,15,16,18,21). The third-order valence-corrected chi connectivity index (χ3v) is 3.58. The van der Waals surface area contributed by atoms with Gasteiger partial charge in [-0.2, -0.15) is 10.1 Å². The summed E-state index contributed by atoms with van der Waals surface area (Å²) in [4.78, 5) is 27.8. The topological polar surface area (TPSA) is 88.9 Å². The fourth-order valence-corrected chi connectivity index (χ4v) is 2.26. The zero-order valence-corrected chi connectivity index (χ0v) is 11.8.